The van der Waals surface area contributed by atoms with Crippen LogP contribution in [0.25, 0.3) is 22.6 Å². The maximum Gasteiger partial charge on any atom is 0.138 e. The number of aromatic amines is 1. The lowest BCUT2D eigenvalue weighted by Crippen LogP contribution is -1.86. The van der Waals surface area contributed by atoms with E-state index in [-0.39, 0.29) is 0 Å². The van der Waals surface area contributed by atoms with E-state index in [9.17, 15) is 0 Å². The monoisotopic (exact) mass is 327 g/mol. The second kappa shape index (κ2) is 5.13. The molecule has 20 heavy (non-hydrogen) atoms. The van der Waals surface area contributed by atoms with Crippen molar-refractivity contribution in [3.05, 3.63) is 58.7 Å². The second-order valence-corrected chi connectivity index (χ2v) is 5.52. The van der Waals surface area contributed by atoms with E-state index in [0.29, 0.717) is 0 Å². The van der Waals surface area contributed by atoms with Gasteiger partial charge in [-0.3, -0.25) is 0 Å². The Morgan fingerprint density at radius 2 is 1.90 bits per heavy atom. The molecule has 0 saturated heterocycles. The van der Waals surface area contributed by atoms with Crippen LogP contribution in [0.2, 0.25) is 0 Å². The molecule has 0 saturated carbocycles. The van der Waals surface area contributed by atoms with E-state index in [0.717, 1.165) is 38.5 Å². The first-order valence-electron chi connectivity index (χ1n) is 6.32. The third-order valence-electron chi connectivity index (χ3n) is 3.17. The number of nitrogens with one attached hydrogen (secondary N) is 1. The number of hydrogen-bond donors (Lipinski definition) is 2. The number of benzene rings is 2. The third-order valence-corrected chi connectivity index (χ3v) is 3.87. The molecule has 0 radical (unpaired) electrons. The highest BCUT2D eigenvalue weighted by Crippen LogP contribution is 2.31. The van der Waals surface area contributed by atoms with Crippen LogP contribution in [0.5, 0.6) is 0 Å². The second-order valence-electron chi connectivity index (χ2n) is 4.66. The van der Waals surface area contributed by atoms with Gasteiger partial charge in [0.2, 0.25) is 0 Å². The maximum absolute atomic E-state index is 5.83. The number of nitrogens with zero attached hydrogens (tertiary/aromatic N) is 1. The van der Waals surface area contributed by atoms with E-state index in [1.807, 2.05) is 49.4 Å². The molecule has 0 aliphatic heterocycles. The molecule has 100 valence electrons. The summed E-state index contributed by atoms with van der Waals surface area (Å²) in [6.07, 6.45) is 0. The van der Waals surface area contributed by atoms with Crippen LogP contribution in [0.3, 0.4) is 0 Å². The van der Waals surface area contributed by atoms with Crippen molar-refractivity contribution >= 4 is 21.6 Å². The molecule has 2 aromatic carbocycles. The Morgan fingerprint density at radius 1 is 1.10 bits per heavy atom. The zero-order chi connectivity index (χ0) is 14.1. The van der Waals surface area contributed by atoms with Gasteiger partial charge in [0.25, 0.3) is 0 Å². The van der Waals surface area contributed by atoms with Gasteiger partial charge in [0.05, 0.1) is 5.69 Å². The van der Waals surface area contributed by atoms with Crippen LogP contribution in [-0.4, -0.2) is 9.97 Å². The van der Waals surface area contributed by atoms with Gasteiger partial charge in [-0.05, 0) is 25.1 Å². The van der Waals surface area contributed by atoms with Gasteiger partial charge < -0.3 is 10.7 Å². The van der Waals surface area contributed by atoms with Crippen molar-refractivity contribution in [1.82, 2.24) is 9.97 Å². The number of imidazole rings is 1. The highest BCUT2D eigenvalue weighted by Gasteiger charge is 2.12. The summed E-state index contributed by atoms with van der Waals surface area (Å²) in [5.41, 5.74) is 10.6. The van der Waals surface area contributed by atoms with E-state index in [1.54, 1.807) is 0 Å². The van der Waals surface area contributed by atoms with Crippen molar-refractivity contribution in [3.63, 3.8) is 0 Å². The van der Waals surface area contributed by atoms with Gasteiger partial charge in [-0.15, -0.1) is 0 Å². The molecule has 1 heterocycles. The zero-order valence-corrected chi connectivity index (χ0v) is 12.6. The molecule has 0 unspecified atom stereocenters. The van der Waals surface area contributed by atoms with E-state index < -0.39 is 0 Å². The fourth-order valence-corrected chi connectivity index (χ4v) is 2.67. The summed E-state index contributed by atoms with van der Waals surface area (Å²) in [4.78, 5) is 8.04. The topological polar surface area (TPSA) is 54.7 Å². The van der Waals surface area contributed by atoms with E-state index >= 15 is 0 Å². The molecule has 0 bridgehead atoms. The van der Waals surface area contributed by atoms with Crippen molar-refractivity contribution in [2.24, 2.45) is 0 Å². The summed E-state index contributed by atoms with van der Waals surface area (Å²) in [7, 11) is 0. The third kappa shape index (κ3) is 2.34. The van der Waals surface area contributed by atoms with Crippen molar-refractivity contribution in [2.75, 3.05) is 5.73 Å². The van der Waals surface area contributed by atoms with Crippen LogP contribution >= 0.6 is 15.9 Å². The Hall–Kier alpha value is -2.07. The Kier molecular flexibility index (Phi) is 3.32. The molecule has 0 amide bonds. The van der Waals surface area contributed by atoms with Gasteiger partial charge in [0, 0.05) is 27.0 Å². The average Bonchev–Trinajstić information content (AvgIpc) is 2.81. The first-order valence-corrected chi connectivity index (χ1v) is 7.12. The maximum atomic E-state index is 5.83. The smallest absolute Gasteiger partial charge is 0.138 e. The predicted molar refractivity (Wildman–Crippen MR) is 86.3 cm³/mol. The molecule has 3 N–H and O–H groups in total. The summed E-state index contributed by atoms with van der Waals surface area (Å²) in [6.45, 7) is 2.03. The summed E-state index contributed by atoms with van der Waals surface area (Å²) < 4.78 is 1.04. The van der Waals surface area contributed by atoms with E-state index in [2.05, 4.69) is 27.0 Å². The number of rotatable bonds is 2. The lowest BCUT2D eigenvalue weighted by molar-refractivity contribution is 1.26. The molecule has 0 atom stereocenters. The molecule has 4 heteroatoms. The SMILES string of the molecule is Cc1[nH]c(-c2cccc(N)c2)nc1-c1ccccc1Br. The normalized spacial score (nSPS) is 10.7. The lowest BCUT2D eigenvalue weighted by atomic mass is 10.1. The largest absolute Gasteiger partial charge is 0.399 e. The molecule has 0 spiro atoms. The van der Waals surface area contributed by atoms with Gasteiger partial charge in [0.15, 0.2) is 0 Å². The number of aromatic nitrogens is 2. The first-order chi connectivity index (χ1) is 9.65. The van der Waals surface area contributed by atoms with Gasteiger partial charge in [0.1, 0.15) is 5.82 Å². The minimum Gasteiger partial charge on any atom is -0.399 e. The molecule has 3 rings (SSSR count). The van der Waals surface area contributed by atoms with Crippen LogP contribution in [0.1, 0.15) is 5.69 Å². The van der Waals surface area contributed by atoms with Crippen LogP contribution in [0.15, 0.2) is 53.0 Å². The summed E-state index contributed by atoms with van der Waals surface area (Å²) in [5, 5.41) is 0. The van der Waals surface area contributed by atoms with Crippen LogP contribution in [0, 0.1) is 6.92 Å². The number of hydrogen-bond acceptors (Lipinski definition) is 2. The fraction of sp³-hybridized carbons (Fsp3) is 0.0625. The van der Waals surface area contributed by atoms with Crippen molar-refractivity contribution in [1.29, 1.82) is 0 Å². The minimum atomic E-state index is 0.735. The first kappa shape index (κ1) is 12.9. The summed E-state index contributed by atoms with van der Waals surface area (Å²) in [6, 6.07) is 15.8. The van der Waals surface area contributed by atoms with Crippen molar-refractivity contribution < 1.29 is 0 Å². The Morgan fingerprint density at radius 3 is 2.65 bits per heavy atom. The number of halogens is 1. The Balaban J connectivity index is 2.10. The van der Waals surface area contributed by atoms with Gasteiger partial charge >= 0.3 is 0 Å². The van der Waals surface area contributed by atoms with Crippen molar-refractivity contribution in [3.8, 4) is 22.6 Å². The molecular formula is C16H14BrN3. The van der Waals surface area contributed by atoms with Gasteiger partial charge in [-0.25, -0.2) is 4.98 Å². The van der Waals surface area contributed by atoms with Crippen molar-refractivity contribution in [2.45, 2.75) is 6.92 Å². The molecule has 3 aromatic rings. The zero-order valence-electron chi connectivity index (χ0n) is 11.0. The summed E-state index contributed by atoms with van der Waals surface area (Å²) >= 11 is 3.57. The molecule has 0 fully saturated rings. The standard InChI is InChI=1S/C16H14BrN3/c1-10-15(13-7-2-3-8-14(13)17)20-16(19-10)11-5-4-6-12(18)9-11/h2-9H,18H2,1H3,(H,19,20). The molecule has 0 aliphatic carbocycles. The number of aryl methyl sites for hydroxylation is 1. The predicted octanol–water partition coefficient (Wildman–Crippen LogP) is 4.40. The number of anilines is 1. The number of nitrogen functional groups attached to an aromatic ring is 1. The molecule has 1 aromatic heterocycles. The Labute approximate surface area is 126 Å². The van der Waals surface area contributed by atoms with E-state index in [4.69, 9.17) is 10.7 Å². The quantitative estimate of drug-likeness (QED) is 0.685. The average molecular weight is 328 g/mol. The highest BCUT2D eigenvalue weighted by atomic mass is 79.9. The van der Waals surface area contributed by atoms with Gasteiger partial charge in [-0.2, -0.15) is 0 Å². The highest BCUT2D eigenvalue weighted by molar-refractivity contribution is 9.10. The number of H-pyrrole nitrogens is 1. The fourth-order valence-electron chi connectivity index (χ4n) is 2.20. The number of nitrogens with two attached hydrogens (primary N) is 1. The molecule has 0 aliphatic rings. The van der Waals surface area contributed by atoms with E-state index in [1.165, 1.54) is 0 Å². The van der Waals surface area contributed by atoms with Gasteiger partial charge in [-0.1, -0.05) is 46.3 Å². The van der Waals surface area contributed by atoms with Crippen LogP contribution in [0.4, 0.5) is 5.69 Å². The van der Waals surface area contributed by atoms with Crippen LogP contribution < -0.4 is 5.73 Å². The minimum absolute atomic E-state index is 0.735. The summed E-state index contributed by atoms with van der Waals surface area (Å²) in [5.74, 6) is 0.834. The lowest BCUT2D eigenvalue weighted by Gasteiger charge is -2.01. The molecular weight excluding hydrogens is 314 g/mol. The molecule has 3 nitrogen and oxygen atoms in total. The van der Waals surface area contributed by atoms with Crippen LogP contribution in [-0.2, 0) is 0 Å². The Bertz CT molecular complexity index is 762.